The van der Waals surface area contributed by atoms with Gasteiger partial charge in [0.15, 0.2) is 5.96 Å². The second kappa shape index (κ2) is 12.9. The molecular weight excluding hydrogens is 517 g/mol. The Hall–Kier alpha value is -1.95. The third-order valence-corrected chi connectivity index (χ3v) is 5.61. The molecule has 0 amide bonds. The maximum atomic E-state index is 4.61. The molecule has 0 bridgehead atoms. The van der Waals surface area contributed by atoms with Crippen LogP contribution in [-0.4, -0.2) is 88.9 Å². The first-order valence-corrected chi connectivity index (χ1v) is 11.2. The summed E-state index contributed by atoms with van der Waals surface area (Å²) in [5.74, 6) is 2.17. The molecule has 9 nitrogen and oxygen atoms in total. The molecule has 10 heteroatoms. The molecule has 0 spiro atoms. The highest BCUT2D eigenvalue weighted by molar-refractivity contribution is 14.0. The van der Waals surface area contributed by atoms with E-state index in [1.165, 1.54) is 5.56 Å². The fourth-order valence-corrected chi connectivity index (χ4v) is 4.01. The minimum absolute atomic E-state index is 0. The van der Waals surface area contributed by atoms with E-state index in [4.69, 9.17) is 0 Å². The lowest BCUT2D eigenvalue weighted by Crippen LogP contribution is -2.47. The highest BCUT2D eigenvalue weighted by Crippen LogP contribution is 2.18. The number of aliphatic imine (C=N–C) groups is 1. The summed E-state index contributed by atoms with van der Waals surface area (Å²) in [6.45, 7) is 11.2. The molecule has 32 heavy (non-hydrogen) atoms. The van der Waals surface area contributed by atoms with E-state index in [1.54, 1.807) is 0 Å². The number of nitrogens with one attached hydrogen (secondary N) is 1. The number of hydrogen-bond donors (Lipinski definition) is 1. The maximum absolute atomic E-state index is 4.61. The topological polar surface area (TPSA) is 77.7 Å². The quantitative estimate of drug-likeness (QED) is 0.232. The molecule has 1 saturated heterocycles. The van der Waals surface area contributed by atoms with Gasteiger partial charge in [0.2, 0.25) is 5.95 Å². The Morgan fingerprint density at radius 1 is 1.19 bits per heavy atom. The van der Waals surface area contributed by atoms with Crippen LogP contribution < -0.4 is 10.2 Å². The Morgan fingerprint density at radius 2 is 1.88 bits per heavy atom. The van der Waals surface area contributed by atoms with Crippen molar-refractivity contribution in [1.82, 2.24) is 34.9 Å². The SMILES string of the molecule is CN=C(NCCCN1CCN(c2ncccn2)CC1)N(C)Cc1cn(C)nc1C(C)C.I. The van der Waals surface area contributed by atoms with Crippen molar-refractivity contribution in [2.75, 3.05) is 58.3 Å². The lowest BCUT2D eigenvalue weighted by Gasteiger charge is -2.34. The average Bonchev–Trinajstić information content (AvgIpc) is 3.15. The van der Waals surface area contributed by atoms with Gasteiger partial charge >= 0.3 is 0 Å². The van der Waals surface area contributed by atoms with Crippen molar-refractivity contribution in [3.8, 4) is 0 Å². The molecule has 1 aliphatic rings. The number of hydrogen-bond acceptors (Lipinski definition) is 6. The lowest BCUT2D eigenvalue weighted by molar-refractivity contribution is 0.254. The monoisotopic (exact) mass is 555 g/mol. The molecule has 2 aromatic rings. The summed E-state index contributed by atoms with van der Waals surface area (Å²) in [5, 5.41) is 8.12. The first-order chi connectivity index (χ1) is 15.0. The number of aryl methyl sites for hydroxylation is 1. The molecular formula is C22H38IN9. The molecule has 0 aliphatic carbocycles. The fourth-order valence-electron chi connectivity index (χ4n) is 4.01. The predicted molar refractivity (Wildman–Crippen MR) is 141 cm³/mol. The summed E-state index contributed by atoms with van der Waals surface area (Å²) in [6.07, 6.45) is 6.81. The normalized spacial score (nSPS) is 15.1. The van der Waals surface area contributed by atoms with Crippen LogP contribution in [0.3, 0.4) is 0 Å². The van der Waals surface area contributed by atoms with Crippen LogP contribution in [-0.2, 0) is 13.6 Å². The Morgan fingerprint density at radius 3 is 2.50 bits per heavy atom. The van der Waals surface area contributed by atoms with Gasteiger partial charge in [0.1, 0.15) is 0 Å². The van der Waals surface area contributed by atoms with Crippen molar-refractivity contribution in [1.29, 1.82) is 0 Å². The standard InChI is InChI=1S/C22H37N9.HI/c1-18(2)20-19(17-29(5)27-20)16-28(4)21(23-3)24-10-7-11-30-12-14-31(15-13-30)22-25-8-6-9-26-22;/h6,8-9,17-18H,7,10-16H2,1-5H3,(H,23,24);1H. The van der Waals surface area contributed by atoms with Crippen molar-refractivity contribution in [2.24, 2.45) is 12.0 Å². The minimum atomic E-state index is 0. The molecule has 0 saturated carbocycles. The molecule has 1 fully saturated rings. The van der Waals surface area contributed by atoms with Gasteiger partial charge in [-0.05, 0) is 24.9 Å². The van der Waals surface area contributed by atoms with Crippen LogP contribution in [0.1, 0.15) is 37.4 Å². The molecule has 0 unspecified atom stereocenters. The van der Waals surface area contributed by atoms with Crippen molar-refractivity contribution < 1.29 is 0 Å². The number of anilines is 1. The van der Waals surface area contributed by atoms with E-state index < -0.39 is 0 Å². The molecule has 0 radical (unpaired) electrons. The summed E-state index contributed by atoms with van der Waals surface area (Å²) in [6, 6.07) is 1.86. The van der Waals surface area contributed by atoms with Gasteiger partial charge in [-0.3, -0.25) is 14.6 Å². The van der Waals surface area contributed by atoms with Gasteiger partial charge in [0, 0.05) is 84.6 Å². The minimum Gasteiger partial charge on any atom is -0.356 e. The van der Waals surface area contributed by atoms with Crippen LogP contribution in [0.2, 0.25) is 0 Å². The molecule has 3 heterocycles. The first-order valence-electron chi connectivity index (χ1n) is 11.2. The van der Waals surface area contributed by atoms with Crippen molar-refractivity contribution >= 4 is 35.9 Å². The molecule has 0 aromatic carbocycles. The highest BCUT2D eigenvalue weighted by atomic mass is 127. The van der Waals surface area contributed by atoms with Crippen LogP contribution in [0.5, 0.6) is 0 Å². The second-order valence-electron chi connectivity index (χ2n) is 8.43. The number of piperazine rings is 1. The van der Waals surface area contributed by atoms with Gasteiger partial charge < -0.3 is 15.1 Å². The molecule has 2 aromatic heterocycles. The van der Waals surface area contributed by atoms with E-state index in [9.17, 15) is 0 Å². The van der Waals surface area contributed by atoms with Gasteiger partial charge in [-0.1, -0.05) is 13.8 Å². The van der Waals surface area contributed by atoms with E-state index >= 15 is 0 Å². The van der Waals surface area contributed by atoms with Gasteiger partial charge in [-0.2, -0.15) is 5.10 Å². The van der Waals surface area contributed by atoms with Crippen LogP contribution in [0.15, 0.2) is 29.6 Å². The highest BCUT2D eigenvalue weighted by Gasteiger charge is 2.18. The largest absolute Gasteiger partial charge is 0.356 e. The number of aromatic nitrogens is 4. The number of nitrogens with zero attached hydrogens (tertiary/aromatic N) is 8. The summed E-state index contributed by atoms with van der Waals surface area (Å²) < 4.78 is 1.90. The molecule has 0 atom stereocenters. The summed E-state index contributed by atoms with van der Waals surface area (Å²) >= 11 is 0. The van der Waals surface area contributed by atoms with E-state index in [2.05, 4.69) is 67.2 Å². The molecule has 1 aliphatic heterocycles. The average molecular weight is 556 g/mol. The fraction of sp³-hybridized carbons (Fsp3) is 0.636. The molecule has 178 valence electrons. The number of rotatable bonds is 8. The smallest absolute Gasteiger partial charge is 0.225 e. The molecule has 3 rings (SSSR count). The Kier molecular flexibility index (Phi) is 10.6. The summed E-state index contributed by atoms with van der Waals surface area (Å²) in [7, 11) is 5.91. The molecule has 1 N–H and O–H groups in total. The van der Waals surface area contributed by atoms with Gasteiger partial charge in [0.05, 0.1) is 5.69 Å². The zero-order valence-corrected chi connectivity index (χ0v) is 22.4. The van der Waals surface area contributed by atoms with E-state index in [0.29, 0.717) is 5.92 Å². The van der Waals surface area contributed by atoms with Gasteiger partial charge in [-0.15, -0.1) is 24.0 Å². The van der Waals surface area contributed by atoms with Crippen molar-refractivity contribution in [2.45, 2.75) is 32.7 Å². The van der Waals surface area contributed by atoms with Crippen LogP contribution in [0.25, 0.3) is 0 Å². The third kappa shape index (κ3) is 7.29. The second-order valence-corrected chi connectivity index (χ2v) is 8.43. The zero-order chi connectivity index (χ0) is 22.2. The van der Waals surface area contributed by atoms with Crippen LogP contribution in [0, 0.1) is 0 Å². The van der Waals surface area contributed by atoms with Gasteiger partial charge in [0.25, 0.3) is 0 Å². The predicted octanol–water partition coefficient (Wildman–Crippen LogP) is 2.17. The number of halogens is 1. The third-order valence-electron chi connectivity index (χ3n) is 5.61. The van der Waals surface area contributed by atoms with Crippen LogP contribution >= 0.6 is 24.0 Å². The van der Waals surface area contributed by atoms with Crippen molar-refractivity contribution in [3.05, 3.63) is 35.9 Å². The van der Waals surface area contributed by atoms with E-state index in [0.717, 1.165) is 69.8 Å². The van der Waals surface area contributed by atoms with Gasteiger partial charge in [-0.25, -0.2) is 9.97 Å². The first kappa shape index (κ1) is 26.3. The Labute approximate surface area is 209 Å². The lowest BCUT2D eigenvalue weighted by atomic mass is 10.1. The summed E-state index contributed by atoms with van der Waals surface area (Å²) in [5.41, 5.74) is 2.41. The Bertz CT molecular complexity index is 829. The van der Waals surface area contributed by atoms with Crippen molar-refractivity contribution in [3.63, 3.8) is 0 Å². The van der Waals surface area contributed by atoms with E-state index in [1.807, 2.05) is 37.2 Å². The summed E-state index contributed by atoms with van der Waals surface area (Å²) in [4.78, 5) is 20.1. The zero-order valence-electron chi connectivity index (χ0n) is 20.0. The van der Waals surface area contributed by atoms with Crippen LogP contribution in [0.4, 0.5) is 5.95 Å². The maximum Gasteiger partial charge on any atom is 0.225 e. The Balaban J connectivity index is 0.00000363. The van der Waals surface area contributed by atoms with E-state index in [-0.39, 0.29) is 24.0 Å². The number of guanidine groups is 1.